The van der Waals surface area contributed by atoms with Crippen molar-refractivity contribution < 1.29 is 14.6 Å². The van der Waals surface area contributed by atoms with E-state index < -0.39 is 6.10 Å². The van der Waals surface area contributed by atoms with Gasteiger partial charge in [-0.3, -0.25) is 4.57 Å². The Hall–Kier alpha value is -2.86. The summed E-state index contributed by atoms with van der Waals surface area (Å²) in [7, 11) is 3.15. The molecule has 2 aromatic heterocycles. The summed E-state index contributed by atoms with van der Waals surface area (Å²) in [6, 6.07) is 8.97. The number of hydrogen-bond donors (Lipinski definition) is 1. The van der Waals surface area contributed by atoms with E-state index in [0.717, 1.165) is 5.82 Å². The molecule has 1 unspecified atom stereocenters. The van der Waals surface area contributed by atoms with Crippen molar-refractivity contribution >= 4 is 0 Å². The fourth-order valence-corrected chi connectivity index (χ4v) is 2.33. The molecule has 1 atom stereocenters. The summed E-state index contributed by atoms with van der Waals surface area (Å²) < 4.78 is 12.3. The topological polar surface area (TPSA) is 69.4 Å². The Labute approximate surface area is 134 Å². The predicted octanol–water partition coefficient (Wildman–Crippen LogP) is 2.37. The van der Waals surface area contributed by atoms with Gasteiger partial charge in [0.25, 0.3) is 0 Å². The molecule has 0 spiro atoms. The van der Waals surface area contributed by atoms with E-state index in [1.165, 1.54) is 0 Å². The van der Waals surface area contributed by atoms with Crippen LogP contribution in [0.5, 0.6) is 11.5 Å². The predicted molar refractivity (Wildman–Crippen MR) is 85.0 cm³/mol. The summed E-state index contributed by atoms with van der Waals surface area (Å²) in [6.45, 7) is 0. The molecule has 2 heterocycles. The first-order valence-electron chi connectivity index (χ1n) is 7.07. The zero-order valence-corrected chi connectivity index (χ0v) is 12.9. The standard InChI is InChI=1S/C17H17N3O3/c1-22-13-4-5-14(15(9-13)23-2)17(21)12-3-6-16(19-10-12)20-8-7-18-11-20/h3-11,17,21H,1-2H3. The number of aromatic nitrogens is 3. The monoisotopic (exact) mass is 311 g/mol. The van der Waals surface area contributed by atoms with Crippen LogP contribution in [-0.2, 0) is 0 Å². The third-order valence-electron chi connectivity index (χ3n) is 3.59. The van der Waals surface area contributed by atoms with Gasteiger partial charge in [-0.15, -0.1) is 0 Å². The van der Waals surface area contributed by atoms with E-state index in [4.69, 9.17) is 9.47 Å². The van der Waals surface area contributed by atoms with Crippen LogP contribution in [0.15, 0.2) is 55.2 Å². The minimum Gasteiger partial charge on any atom is -0.497 e. The van der Waals surface area contributed by atoms with Gasteiger partial charge in [-0.05, 0) is 18.2 Å². The molecule has 0 aliphatic carbocycles. The number of hydrogen-bond acceptors (Lipinski definition) is 5. The van der Waals surface area contributed by atoms with Gasteiger partial charge < -0.3 is 14.6 Å². The number of rotatable bonds is 5. The molecular formula is C17H17N3O3. The van der Waals surface area contributed by atoms with Crippen LogP contribution in [-0.4, -0.2) is 33.9 Å². The number of nitrogens with zero attached hydrogens (tertiary/aromatic N) is 3. The van der Waals surface area contributed by atoms with Crippen LogP contribution < -0.4 is 9.47 Å². The summed E-state index contributed by atoms with van der Waals surface area (Å²) >= 11 is 0. The number of imidazole rings is 1. The van der Waals surface area contributed by atoms with Gasteiger partial charge in [0.2, 0.25) is 0 Å². The lowest BCUT2D eigenvalue weighted by Gasteiger charge is -2.16. The normalized spacial score (nSPS) is 12.0. The summed E-state index contributed by atoms with van der Waals surface area (Å²) in [5.41, 5.74) is 1.34. The van der Waals surface area contributed by atoms with E-state index in [0.29, 0.717) is 22.6 Å². The zero-order valence-electron chi connectivity index (χ0n) is 12.9. The Morgan fingerprint density at radius 3 is 2.61 bits per heavy atom. The second-order valence-corrected chi connectivity index (χ2v) is 4.93. The zero-order chi connectivity index (χ0) is 16.2. The molecule has 23 heavy (non-hydrogen) atoms. The van der Waals surface area contributed by atoms with Crippen molar-refractivity contribution in [3.8, 4) is 17.3 Å². The highest BCUT2D eigenvalue weighted by Gasteiger charge is 2.16. The Bertz CT molecular complexity index is 770. The Balaban J connectivity index is 1.89. The Morgan fingerprint density at radius 2 is 2.00 bits per heavy atom. The van der Waals surface area contributed by atoms with Crippen LogP contribution in [0.4, 0.5) is 0 Å². The van der Waals surface area contributed by atoms with Gasteiger partial charge in [0.1, 0.15) is 29.7 Å². The lowest BCUT2D eigenvalue weighted by atomic mass is 10.0. The third kappa shape index (κ3) is 3.02. The SMILES string of the molecule is COc1ccc(C(O)c2ccc(-n3ccnc3)nc2)c(OC)c1. The van der Waals surface area contributed by atoms with Crippen molar-refractivity contribution in [3.05, 3.63) is 66.4 Å². The van der Waals surface area contributed by atoms with Crippen LogP contribution in [0.1, 0.15) is 17.2 Å². The maximum atomic E-state index is 10.6. The first-order chi connectivity index (χ1) is 11.2. The summed E-state index contributed by atoms with van der Waals surface area (Å²) in [4.78, 5) is 8.34. The van der Waals surface area contributed by atoms with E-state index in [-0.39, 0.29) is 0 Å². The minimum absolute atomic E-state index is 0.565. The van der Waals surface area contributed by atoms with Crippen molar-refractivity contribution in [2.75, 3.05) is 14.2 Å². The van der Waals surface area contributed by atoms with Crippen molar-refractivity contribution in [2.45, 2.75) is 6.10 Å². The van der Waals surface area contributed by atoms with E-state index >= 15 is 0 Å². The molecule has 0 aliphatic rings. The molecule has 1 aromatic carbocycles. The Morgan fingerprint density at radius 1 is 1.13 bits per heavy atom. The Kier molecular flexibility index (Phi) is 4.25. The largest absolute Gasteiger partial charge is 0.497 e. The number of methoxy groups -OCH3 is 2. The first-order valence-corrected chi connectivity index (χ1v) is 7.07. The van der Waals surface area contributed by atoms with E-state index in [9.17, 15) is 5.11 Å². The summed E-state index contributed by atoms with van der Waals surface area (Å²) in [5.74, 6) is 1.97. The highest BCUT2D eigenvalue weighted by Crippen LogP contribution is 2.32. The van der Waals surface area contributed by atoms with Crippen LogP contribution in [0, 0.1) is 0 Å². The molecule has 118 valence electrons. The molecular weight excluding hydrogens is 294 g/mol. The molecule has 3 aromatic rings. The number of aliphatic hydroxyl groups is 1. The third-order valence-corrected chi connectivity index (χ3v) is 3.59. The van der Waals surface area contributed by atoms with Gasteiger partial charge in [0.15, 0.2) is 0 Å². The molecule has 6 heteroatoms. The first kappa shape index (κ1) is 15.1. The molecule has 0 aliphatic heterocycles. The molecule has 1 N–H and O–H groups in total. The molecule has 3 rings (SSSR count). The maximum Gasteiger partial charge on any atom is 0.137 e. The van der Waals surface area contributed by atoms with E-state index in [1.54, 1.807) is 55.7 Å². The molecule has 6 nitrogen and oxygen atoms in total. The van der Waals surface area contributed by atoms with Crippen LogP contribution in [0.25, 0.3) is 5.82 Å². The number of benzene rings is 1. The van der Waals surface area contributed by atoms with Gasteiger partial charge >= 0.3 is 0 Å². The summed E-state index contributed by atoms with van der Waals surface area (Å²) in [5, 5.41) is 10.6. The highest BCUT2D eigenvalue weighted by molar-refractivity contribution is 5.45. The van der Waals surface area contributed by atoms with Gasteiger partial charge in [-0.2, -0.15) is 0 Å². The second-order valence-electron chi connectivity index (χ2n) is 4.93. The minimum atomic E-state index is -0.833. The lowest BCUT2D eigenvalue weighted by molar-refractivity contribution is 0.214. The van der Waals surface area contributed by atoms with E-state index in [1.807, 2.05) is 18.3 Å². The molecule has 0 amide bonds. The fraction of sp³-hybridized carbons (Fsp3) is 0.176. The van der Waals surface area contributed by atoms with Gasteiger partial charge in [-0.1, -0.05) is 6.07 Å². The molecule has 0 saturated carbocycles. The van der Waals surface area contributed by atoms with Crippen molar-refractivity contribution in [2.24, 2.45) is 0 Å². The van der Waals surface area contributed by atoms with Gasteiger partial charge in [0, 0.05) is 35.8 Å². The number of aliphatic hydroxyl groups excluding tert-OH is 1. The number of pyridine rings is 1. The molecule has 0 fully saturated rings. The van der Waals surface area contributed by atoms with Crippen LogP contribution in [0.2, 0.25) is 0 Å². The fourth-order valence-electron chi connectivity index (χ4n) is 2.33. The highest BCUT2D eigenvalue weighted by atomic mass is 16.5. The quantitative estimate of drug-likeness (QED) is 0.783. The average molecular weight is 311 g/mol. The van der Waals surface area contributed by atoms with Crippen molar-refractivity contribution in [1.29, 1.82) is 0 Å². The average Bonchev–Trinajstić information content (AvgIpc) is 3.15. The molecule has 0 saturated heterocycles. The second kappa shape index (κ2) is 6.50. The van der Waals surface area contributed by atoms with Gasteiger partial charge in [0.05, 0.1) is 14.2 Å². The smallest absolute Gasteiger partial charge is 0.137 e. The van der Waals surface area contributed by atoms with Crippen LogP contribution in [0.3, 0.4) is 0 Å². The van der Waals surface area contributed by atoms with Crippen molar-refractivity contribution in [3.63, 3.8) is 0 Å². The van der Waals surface area contributed by atoms with Crippen LogP contribution >= 0.6 is 0 Å². The van der Waals surface area contributed by atoms with Gasteiger partial charge in [-0.25, -0.2) is 9.97 Å². The number of ether oxygens (including phenoxy) is 2. The van der Waals surface area contributed by atoms with Crippen molar-refractivity contribution in [1.82, 2.24) is 14.5 Å². The van der Waals surface area contributed by atoms with E-state index in [2.05, 4.69) is 9.97 Å². The lowest BCUT2D eigenvalue weighted by Crippen LogP contribution is -2.04. The summed E-state index contributed by atoms with van der Waals surface area (Å²) in [6.07, 6.45) is 5.98. The maximum absolute atomic E-state index is 10.6. The molecule has 0 radical (unpaired) electrons. The molecule has 0 bridgehead atoms.